The maximum Gasteiger partial charge on any atom is 0.310 e. The first-order valence-corrected chi connectivity index (χ1v) is 6.30. The van der Waals surface area contributed by atoms with Crippen LogP contribution >= 0.6 is 11.6 Å². The third kappa shape index (κ3) is 3.35. The minimum absolute atomic E-state index is 0.0518. The van der Waals surface area contributed by atoms with Crippen molar-refractivity contribution in [2.45, 2.75) is 27.7 Å². The van der Waals surface area contributed by atoms with E-state index < -0.39 is 4.92 Å². The fraction of sp³-hybridized carbons (Fsp3) is 0.538. The van der Waals surface area contributed by atoms with Gasteiger partial charge in [0.15, 0.2) is 0 Å². The zero-order valence-electron chi connectivity index (χ0n) is 11.2. The molecule has 0 heterocycles. The minimum Gasteiger partial charge on any atom is -0.379 e. The third-order valence-corrected chi connectivity index (χ3v) is 3.77. The monoisotopic (exact) mass is 270 g/mol. The average Bonchev–Trinajstić information content (AvgIpc) is 2.25. The summed E-state index contributed by atoms with van der Waals surface area (Å²) in [6.45, 7) is 9.18. The lowest BCUT2D eigenvalue weighted by molar-refractivity contribution is -0.383. The van der Waals surface area contributed by atoms with Crippen LogP contribution in [-0.2, 0) is 0 Å². The second-order valence-electron chi connectivity index (χ2n) is 5.39. The highest BCUT2D eigenvalue weighted by atomic mass is 35.5. The highest BCUT2D eigenvalue weighted by molar-refractivity contribution is 6.33. The molecule has 0 aliphatic heterocycles. The Morgan fingerprint density at radius 3 is 2.56 bits per heavy atom. The van der Waals surface area contributed by atoms with Gasteiger partial charge in [-0.3, -0.25) is 10.1 Å². The van der Waals surface area contributed by atoms with Crippen molar-refractivity contribution in [3.05, 3.63) is 33.3 Å². The summed E-state index contributed by atoms with van der Waals surface area (Å²) in [7, 11) is 0. The molecule has 0 unspecified atom stereocenters. The van der Waals surface area contributed by atoms with Crippen LogP contribution in [0.4, 0.5) is 11.4 Å². The Labute approximate surface area is 112 Å². The van der Waals surface area contributed by atoms with Gasteiger partial charge in [-0.05, 0) is 23.5 Å². The number of nitro benzene ring substituents is 1. The van der Waals surface area contributed by atoms with E-state index in [1.54, 1.807) is 12.1 Å². The number of hydrogen-bond donors (Lipinski definition) is 1. The largest absolute Gasteiger partial charge is 0.379 e. The van der Waals surface area contributed by atoms with Gasteiger partial charge in [-0.25, -0.2) is 0 Å². The number of hydrogen-bond acceptors (Lipinski definition) is 3. The SMILES string of the molecule is CC(C)C(C)(C)CNc1cccc(Cl)c1[N+](=O)[O-]. The van der Waals surface area contributed by atoms with E-state index in [0.717, 1.165) is 0 Å². The molecule has 1 aromatic rings. The van der Waals surface area contributed by atoms with Gasteiger partial charge in [0.05, 0.1) is 4.92 Å². The van der Waals surface area contributed by atoms with Crippen molar-refractivity contribution in [2.75, 3.05) is 11.9 Å². The summed E-state index contributed by atoms with van der Waals surface area (Å²) < 4.78 is 0. The lowest BCUT2D eigenvalue weighted by Crippen LogP contribution is -2.28. The Balaban J connectivity index is 2.92. The van der Waals surface area contributed by atoms with Gasteiger partial charge in [-0.15, -0.1) is 0 Å². The van der Waals surface area contributed by atoms with Crippen LogP contribution in [0.15, 0.2) is 18.2 Å². The van der Waals surface area contributed by atoms with Crippen LogP contribution in [0.5, 0.6) is 0 Å². The highest BCUT2D eigenvalue weighted by Crippen LogP contribution is 2.34. The maximum atomic E-state index is 11.0. The highest BCUT2D eigenvalue weighted by Gasteiger charge is 2.24. The Kier molecular flexibility index (Phi) is 4.57. The number of nitro groups is 1. The van der Waals surface area contributed by atoms with Crippen LogP contribution < -0.4 is 5.32 Å². The number of halogens is 1. The van der Waals surface area contributed by atoms with E-state index in [0.29, 0.717) is 18.2 Å². The Morgan fingerprint density at radius 1 is 1.44 bits per heavy atom. The first-order chi connectivity index (χ1) is 8.25. The molecule has 100 valence electrons. The number of benzene rings is 1. The molecule has 0 spiro atoms. The zero-order valence-corrected chi connectivity index (χ0v) is 11.9. The molecule has 0 saturated carbocycles. The Morgan fingerprint density at radius 2 is 2.06 bits per heavy atom. The fourth-order valence-corrected chi connectivity index (χ4v) is 1.61. The summed E-state index contributed by atoms with van der Waals surface area (Å²) in [6.07, 6.45) is 0. The van der Waals surface area contributed by atoms with Crippen LogP contribution in [0.2, 0.25) is 5.02 Å². The number of para-hydroxylation sites is 1. The molecule has 4 nitrogen and oxygen atoms in total. The second kappa shape index (κ2) is 5.57. The normalized spacial score (nSPS) is 11.7. The van der Waals surface area contributed by atoms with Crippen LogP contribution in [0.25, 0.3) is 0 Å². The number of anilines is 1. The molecule has 0 aliphatic carbocycles. The number of rotatable bonds is 5. The van der Waals surface area contributed by atoms with Crippen LogP contribution in [0, 0.1) is 21.4 Å². The quantitative estimate of drug-likeness (QED) is 0.639. The van der Waals surface area contributed by atoms with Crippen molar-refractivity contribution >= 4 is 23.0 Å². The summed E-state index contributed by atoms with van der Waals surface area (Å²) in [5.41, 5.74) is 0.468. The van der Waals surface area contributed by atoms with Crippen molar-refractivity contribution in [3.63, 3.8) is 0 Å². The van der Waals surface area contributed by atoms with Gasteiger partial charge >= 0.3 is 5.69 Å². The number of nitrogens with one attached hydrogen (secondary N) is 1. The Hall–Kier alpha value is -1.29. The van der Waals surface area contributed by atoms with E-state index in [1.807, 2.05) is 0 Å². The molecule has 0 amide bonds. The molecule has 1 aromatic carbocycles. The summed E-state index contributed by atoms with van der Waals surface area (Å²) in [5.74, 6) is 0.475. The maximum absolute atomic E-state index is 11.0. The van der Waals surface area contributed by atoms with Gasteiger partial charge in [0, 0.05) is 6.54 Å². The van der Waals surface area contributed by atoms with E-state index in [-0.39, 0.29) is 16.1 Å². The van der Waals surface area contributed by atoms with Gasteiger partial charge in [0.25, 0.3) is 0 Å². The lowest BCUT2D eigenvalue weighted by Gasteiger charge is -2.29. The van der Waals surface area contributed by atoms with Crippen molar-refractivity contribution in [1.82, 2.24) is 0 Å². The second-order valence-corrected chi connectivity index (χ2v) is 5.80. The smallest absolute Gasteiger partial charge is 0.310 e. The molecule has 0 aromatic heterocycles. The first kappa shape index (κ1) is 14.8. The first-order valence-electron chi connectivity index (χ1n) is 5.92. The van der Waals surface area contributed by atoms with Gasteiger partial charge in [-0.1, -0.05) is 45.4 Å². The average molecular weight is 271 g/mol. The molecule has 0 radical (unpaired) electrons. The zero-order chi connectivity index (χ0) is 13.9. The standard InChI is InChI=1S/C13H19ClN2O2/c1-9(2)13(3,4)8-15-11-7-5-6-10(14)12(11)16(17)18/h5-7,9,15H,8H2,1-4H3. The van der Waals surface area contributed by atoms with Crippen LogP contribution in [-0.4, -0.2) is 11.5 Å². The summed E-state index contributed by atoms with van der Waals surface area (Å²) in [5, 5.41) is 14.3. The molecule has 0 bridgehead atoms. The summed E-state index contributed by atoms with van der Waals surface area (Å²) in [6, 6.07) is 4.92. The fourth-order valence-electron chi connectivity index (χ4n) is 1.37. The van der Waals surface area contributed by atoms with Crippen molar-refractivity contribution in [3.8, 4) is 0 Å². The molecule has 18 heavy (non-hydrogen) atoms. The predicted octanol–water partition coefficient (Wildman–Crippen LogP) is 4.34. The van der Waals surface area contributed by atoms with Crippen molar-refractivity contribution in [1.29, 1.82) is 0 Å². The van der Waals surface area contributed by atoms with Crippen molar-refractivity contribution < 1.29 is 4.92 Å². The Bertz CT molecular complexity index is 445. The molecule has 0 saturated heterocycles. The molecular weight excluding hydrogens is 252 g/mol. The van der Waals surface area contributed by atoms with E-state index in [1.165, 1.54) is 6.07 Å². The lowest BCUT2D eigenvalue weighted by atomic mass is 9.81. The minimum atomic E-state index is -0.451. The molecule has 1 N–H and O–H groups in total. The molecule has 5 heteroatoms. The van der Waals surface area contributed by atoms with Gasteiger partial charge in [0.1, 0.15) is 10.7 Å². The van der Waals surface area contributed by atoms with E-state index in [2.05, 4.69) is 33.0 Å². The van der Waals surface area contributed by atoms with E-state index in [9.17, 15) is 10.1 Å². The summed E-state index contributed by atoms with van der Waals surface area (Å²) in [4.78, 5) is 10.5. The topological polar surface area (TPSA) is 55.2 Å². The molecule has 0 aliphatic rings. The predicted molar refractivity (Wildman–Crippen MR) is 75.2 cm³/mol. The van der Waals surface area contributed by atoms with Gasteiger partial charge in [-0.2, -0.15) is 0 Å². The molecule has 0 fully saturated rings. The molecular formula is C13H19ClN2O2. The third-order valence-electron chi connectivity index (χ3n) is 3.47. The van der Waals surface area contributed by atoms with Gasteiger partial charge in [0.2, 0.25) is 0 Å². The number of nitrogens with zero attached hydrogens (tertiary/aromatic N) is 1. The van der Waals surface area contributed by atoms with Crippen LogP contribution in [0.3, 0.4) is 0 Å². The molecule has 0 atom stereocenters. The van der Waals surface area contributed by atoms with Gasteiger partial charge < -0.3 is 5.32 Å². The van der Waals surface area contributed by atoms with E-state index in [4.69, 9.17) is 11.6 Å². The summed E-state index contributed by atoms with van der Waals surface area (Å²) >= 11 is 5.86. The van der Waals surface area contributed by atoms with Crippen molar-refractivity contribution in [2.24, 2.45) is 11.3 Å². The van der Waals surface area contributed by atoms with E-state index >= 15 is 0 Å². The molecule has 1 rings (SSSR count). The van der Waals surface area contributed by atoms with Crippen LogP contribution in [0.1, 0.15) is 27.7 Å².